The highest BCUT2D eigenvalue weighted by atomic mass is 32.2. The number of anilines is 1. The molecule has 0 atom stereocenters. The molecule has 0 bridgehead atoms. The molecule has 8 nitrogen and oxygen atoms in total. The maximum absolute atomic E-state index is 12.6. The van der Waals surface area contributed by atoms with Gasteiger partial charge in [0.05, 0.1) is 10.6 Å². The van der Waals surface area contributed by atoms with E-state index < -0.39 is 10.0 Å². The van der Waals surface area contributed by atoms with Crippen LogP contribution in [0.15, 0.2) is 77.7 Å². The Labute approximate surface area is 187 Å². The van der Waals surface area contributed by atoms with E-state index in [2.05, 4.69) is 25.3 Å². The number of benzene rings is 2. The van der Waals surface area contributed by atoms with Crippen LogP contribution in [0.5, 0.6) is 0 Å². The summed E-state index contributed by atoms with van der Waals surface area (Å²) >= 11 is 0. The molecular weight excluding hydrogens is 424 g/mol. The third kappa shape index (κ3) is 5.01. The molecule has 0 saturated carbocycles. The number of hydrogen-bond donors (Lipinski definition) is 2. The second-order valence-corrected chi connectivity index (χ2v) is 9.10. The quantitative estimate of drug-likeness (QED) is 0.401. The van der Waals surface area contributed by atoms with Crippen LogP contribution in [0, 0.1) is 13.8 Å². The zero-order chi connectivity index (χ0) is 22.6. The van der Waals surface area contributed by atoms with Crippen molar-refractivity contribution in [2.24, 2.45) is 0 Å². The molecule has 2 N–H and O–H groups in total. The number of aromatic nitrogens is 4. The highest BCUT2D eigenvalue weighted by Crippen LogP contribution is 2.20. The van der Waals surface area contributed by atoms with Gasteiger partial charge >= 0.3 is 0 Å². The first-order valence-electron chi connectivity index (χ1n) is 10.2. The van der Waals surface area contributed by atoms with Crippen LogP contribution in [0.25, 0.3) is 16.9 Å². The topological polar surface area (TPSA) is 102 Å². The molecule has 0 saturated heterocycles. The Balaban J connectivity index is 1.30. The van der Waals surface area contributed by atoms with Gasteiger partial charge in [0.15, 0.2) is 5.82 Å². The number of nitrogens with one attached hydrogen (secondary N) is 2. The van der Waals surface area contributed by atoms with E-state index in [1.54, 1.807) is 22.9 Å². The summed E-state index contributed by atoms with van der Waals surface area (Å²) in [5.41, 5.74) is 3.89. The second kappa shape index (κ2) is 9.29. The van der Waals surface area contributed by atoms with Crippen molar-refractivity contribution in [2.45, 2.75) is 18.7 Å². The van der Waals surface area contributed by atoms with E-state index in [-0.39, 0.29) is 11.4 Å². The van der Waals surface area contributed by atoms with E-state index in [1.165, 1.54) is 0 Å². The fourth-order valence-corrected chi connectivity index (χ4v) is 4.34. The van der Waals surface area contributed by atoms with E-state index in [0.717, 1.165) is 22.5 Å². The van der Waals surface area contributed by atoms with Gasteiger partial charge in [-0.05, 0) is 55.3 Å². The Morgan fingerprint density at radius 2 is 1.56 bits per heavy atom. The molecule has 0 amide bonds. The van der Waals surface area contributed by atoms with Crippen molar-refractivity contribution in [3.05, 3.63) is 84.2 Å². The molecule has 0 fully saturated rings. The fourth-order valence-electron chi connectivity index (χ4n) is 3.31. The first-order valence-corrected chi connectivity index (χ1v) is 11.7. The average molecular weight is 449 g/mol. The lowest BCUT2D eigenvalue weighted by Crippen LogP contribution is -2.29. The van der Waals surface area contributed by atoms with Crippen LogP contribution in [0.4, 0.5) is 5.82 Å². The molecular formula is C23H24N6O2S. The third-order valence-corrected chi connectivity index (χ3v) is 6.35. The van der Waals surface area contributed by atoms with Crippen LogP contribution in [0.1, 0.15) is 11.4 Å². The summed E-state index contributed by atoms with van der Waals surface area (Å²) in [6, 6.07) is 22.2. The molecule has 2 heterocycles. The van der Waals surface area contributed by atoms with Crippen LogP contribution in [0.2, 0.25) is 0 Å². The monoisotopic (exact) mass is 448 g/mol. The molecule has 2 aromatic carbocycles. The summed E-state index contributed by atoms with van der Waals surface area (Å²) in [4.78, 5) is 0.228. The van der Waals surface area contributed by atoms with Gasteiger partial charge in [-0.3, -0.25) is 0 Å². The highest BCUT2D eigenvalue weighted by molar-refractivity contribution is 7.89. The lowest BCUT2D eigenvalue weighted by Gasteiger charge is -2.09. The molecule has 4 aromatic rings. The smallest absolute Gasteiger partial charge is 0.240 e. The summed E-state index contributed by atoms with van der Waals surface area (Å²) in [6.45, 7) is 4.46. The SMILES string of the molecule is Cc1cc(C)n(-c2ccc(NCCNS(=O)(=O)c3ccc(-c4ccccc4)cc3)nn2)n1. The maximum atomic E-state index is 12.6. The summed E-state index contributed by atoms with van der Waals surface area (Å²) in [5.74, 6) is 1.18. The largest absolute Gasteiger partial charge is 0.367 e. The second-order valence-electron chi connectivity index (χ2n) is 7.33. The summed E-state index contributed by atoms with van der Waals surface area (Å²) < 4.78 is 29.4. The lowest BCUT2D eigenvalue weighted by molar-refractivity contribution is 0.583. The van der Waals surface area contributed by atoms with Gasteiger partial charge < -0.3 is 5.32 Å². The van der Waals surface area contributed by atoms with Crippen molar-refractivity contribution in [3.8, 4) is 16.9 Å². The van der Waals surface area contributed by atoms with E-state index in [4.69, 9.17) is 0 Å². The Morgan fingerprint density at radius 1 is 0.844 bits per heavy atom. The Kier molecular flexibility index (Phi) is 6.29. The predicted molar refractivity (Wildman–Crippen MR) is 124 cm³/mol. The minimum absolute atomic E-state index is 0.212. The number of aryl methyl sites for hydroxylation is 2. The van der Waals surface area contributed by atoms with Crippen LogP contribution < -0.4 is 10.0 Å². The summed E-state index contributed by atoms with van der Waals surface area (Å²) in [6.07, 6.45) is 0. The first kappa shape index (κ1) is 21.7. The number of sulfonamides is 1. The van der Waals surface area contributed by atoms with Crippen LogP contribution in [-0.4, -0.2) is 41.5 Å². The summed E-state index contributed by atoms with van der Waals surface area (Å²) in [7, 11) is -3.60. The molecule has 2 aromatic heterocycles. The van der Waals surface area contributed by atoms with Gasteiger partial charge in [-0.15, -0.1) is 10.2 Å². The van der Waals surface area contributed by atoms with Crippen molar-refractivity contribution in [1.82, 2.24) is 24.7 Å². The molecule has 0 aliphatic rings. The zero-order valence-corrected chi connectivity index (χ0v) is 18.7. The van der Waals surface area contributed by atoms with Crippen LogP contribution >= 0.6 is 0 Å². The van der Waals surface area contributed by atoms with Crippen LogP contribution in [0.3, 0.4) is 0 Å². The van der Waals surface area contributed by atoms with Crippen molar-refractivity contribution < 1.29 is 8.42 Å². The Bertz CT molecular complexity index is 1280. The lowest BCUT2D eigenvalue weighted by atomic mass is 10.1. The number of nitrogens with zero attached hydrogens (tertiary/aromatic N) is 4. The minimum atomic E-state index is -3.60. The van der Waals surface area contributed by atoms with E-state index in [1.807, 2.05) is 68.4 Å². The Morgan fingerprint density at radius 3 is 2.19 bits per heavy atom. The van der Waals surface area contributed by atoms with Gasteiger partial charge in [-0.2, -0.15) is 5.10 Å². The molecule has 0 radical (unpaired) electrons. The molecule has 0 aliphatic carbocycles. The first-order chi connectivity index (χ1) is 15.4. The van der Waals surface area contributed by atoms with Gasteiger partial charge in [-0.1, -0.05) is 42.5 Å². The molecule has 0 unspecified atom stereocenters. The highest BCUT2D eigenvalue weighted by Gasteiger charge is 2.13. The van der Waals surface area contributed by atoms with Gasteiger partial charge in [0.25, 0.3) is 0 Å². The third-order valence-electron chi connectivity index (χ3n) is 4.87. The van der Waals surface area contributed by atoms with Crippen molar-refractivity contribution in [1.29, 1.82) is 0 Å². The Hall–Kier alpha value is -3.56. The minimum Gasteiger partial charge on any atom is -0.367 e. The maximum Gasteiger partial charge on any atom is 0.240 e. The normalized spacial score (nSPS) is 11.4. The molecule has 4 rings (SSSR count). The van der Waals surface area contributed by atoms with Gasteiger partial charge in [0, 0.05) is 18.8 Å². The van der Waals surface area contributed by atoms with Crippen molar-refractivity contribution in [3.63, 3.8) is 0 Å². The molecule has 32 heavy (non-hydrogen) atoms. The van der Waals surface area contributed by atoms with E-state index in [9.17, 15) is 8.42 Å². The van der Waals surface area contributed by atoms with E-state index in [0.29, 0.717) is 18.2 Å². The zero-order valence-electron chi connectivity index (χ0n) is 17.9. The number of hydrogen-bond acceptors (Lipinski definition) is 6. The molecule has 0 aliphatic heterocycles. The van der Waals surface area contributed by atoms with Crippen molar-refractivity contribution >= 4 is 15.8 Å². The van der Waals surface area contributed by atoms with Crippen molar-refractivity contribution in [2.75, 3.05) is 18.4 Å². The molecule has 0 spiro atoms. The average Bonchev–Trinajstić information content (AvgIpc) is 3.15. The summed E-state index contributed by atoms with van der Waals surface area (Å²) in [5, 5.41) is 15.8. The van der Waals surface area contributed by atoms with Crippen LogP contribution in [-0.2, 0) is 10.0 Å². The standard InChI is InChI=1S/C23H24N6O2S/c1-17-16-18(2)29(28-17)23-13-12-22(26-27-23)24-14-15-25-32(30,31)21-10-8-20(9-11-21)19-6-4-3-5-7-19/h3-13,16,25H,14-15H2,1-2H3,(H,24,26). The van der Waals surface area contributed by atoms with Gasteiger partial charge in [0.2, 0.25) is 10.0 Å². The molecule has 9 heteroatoms. The van der Waals surface area contributed by atoms with E-state index >= 15 is 0 Å². The van der Waals surface area contributed by atoms with Gasteiger partial charge in [-0.25, -0.2) is 17.8 Å². The molecule has 164 valence electrons. The van der Waals surface area contributed by atoms with Gasteiger partial charge in [0.1, 0.15) is 5.82 Å². The fraction of sp³-hybridized carbons (Fsp3) is 0.174. The number of rotatable bonds is 8. The predicted octanol–water partition coefficient (Wildman–Crippen LogP) is 3.34.